The predicted octanol–water partition coefficient (Wildman–Crippen LogP) is 2.47. The van der Waals surface area contributed by atoms with Crippen LogP contribution in [0.2, 0.25) is 0 Å². The van der Waals surface area contributed by atoms with Gasteiger partial charge in [0.15, 0.2) is 0 Å². The number of nitrogens with zero attached hydrogens (tertiary/aromatic N) is 2. The largest absolute Gasteiger partial charge is 0.507 e. The molecule has 0 unspecified atom stereocenters. The SMILES string of the molecule is Cc1csc(CC(=O)N/N=C/c2cc(C)c(O)c(C)c2)n1. The maximum absolute atomic E-state index is 11.7. The first-order valence-corrected chi connectivity index (χ1v) is 7.37. The Kier molecular flexibility index (Phi) is 4.70. The van der Waals surface area contributed by atoms with E-state index in [1.165, 1.54) is 11.3 Å². The molecule has 2 aromatic rings. The van der Waals surface area contributed by atoms with Crippen LogP contribution in [0.15, 0.2) is 22.6 Å². The van der Waals surface area contributed by atoms with E-state index in [2.05, 4.69) is 15.5 Å². The molecule has 0 radical (unpaired) electrons. The highest BCUT2D eigenvalue weighted by Gasteiger charge is 2.06. The van der Waals surface area contributed by atoms with Crippen molar-refractivity contribution >= 4 is 23.5 Å². The lowest BCUT2D eigenvalue weighted by atomic mass is 10.1. The molecule has 1 heterocycles. The molecule has 110 valence electrons. The van der Waals surface area contributed by atoms with Crippen LogP contribution in [0.3, 0.4) is 0 Å². The summed E-state index contributed by atoms with van der Waals surface area (Å²) in [5.74, 6) is 0.0862. The van der Waals surface area contributed by atoms with Gasteiger partial charge in [0.05, 0.1) is 12.6 Å². The van der Waals surface area contributed by atoms with Crippen LogP contribution in [0.1, 0.15) is 27.4 Å². The van der Waals surface area contributed by atoms with Gasteiger partial charge in [-0.15, -0.1) is 11.3 Å². The fourth-order valence-corrected chi connectivity index (χ4v) is 2.67. The van der Waals surface area contributed by atoms with Gasteiger partial charge in [0.25, 0.3) is 0 Å². The first-order chi connectivity index (χ1) is 9.95. The molecule has 0 aliphatic carbocycles. The molecule has 0 saturated heterocycles. The van der Waals surface area contributed by atoms with Crippen molar-refractivity contribution in [2.45, 2.75) is 27.2 Å². The fraction of sp³-hybridized carbons (Fsp3) is 0.267. The van der Waals surface area contributed by atoms with E-state index in [4.69, 9.17) is 0 Å². The second kappa shape index (κ2) is 6.49. The molecule has 5 nitrogen and oxygen atoms in total. The molecular weight excluding hydrogens is 286 g/mol. The maximum atomic E-state index is 11.7. The topological polar surface area (TPSA) is 74.6 Å². The molecule has 0 atom stereocenters. The number of nitrogens with one attached hydrogen (secondary N) is 1. The lowest BCUT2D eigenvalue weighted by Crippen LogP contribution is -2.19. The number of aryl methyl sites for hydroxylation is 3. The van der Waals surface area contributed by atoms with E-state index in [0.29, 0.717) is 0 Å². The molecule has 21 heavy (non-hydrogen) atoms. The zero-order chi connectivity index (χ0) is 15.4. The van der Waals surface area contributed by atoms with Crippen LogP contribution in [0.5, 0.6) is 5.75 Å². The Morgan fingerprint density at radius 2 is 2.05 bits per heavy atom. The molecule has 0 bridgehead atoms. The first kappa shape index (κ1) is 15.2. The summed E-state index contributed by atoms with van der Waals surface area (Å²) in [7, 11) is 0. The van der Waals surface area contributed by atoms with Crippen molar-refractivity contribution in [3.05, 3.63) is 44.9 Å². The minimum absolute atomic E-state index is 0.201. The van der Waals surface area contributed by atoms with Crippen LogP contribution in [0, 0.1) is 20.8 Å². The van der Waals surface area contributed by atoms with Crippen LogP contribution in [-0.4, -0.2) is 22.2 Å². The van der Waals surface area contributed by atoms with Crippen LogP contribution in [-0.2, 0) is 11.2 Å². The predicted molar refractivity (Wildman–Crippen MR) is 83.9 cm³/mol. The van der Waals surface area contributed by atoms with Crippen LogP contribution < -0.4 is 5.43 Å². The quantitative estimate of drug-likeness (QED) is 0.673. The Morgan fingerprint density at radius 3 is 2.62 bits per heavy atom. The van der Waals surface area contributed by atoms with Gasteiger partial charge in [-0.05, 0) is 49.6 Å². The Labute approximate surface area is 127 Å². The molecule has 0 fully saturated rings. The number of carbonyl (C=O) groups excluding carboxylic acids is 1. The summed E-state index contributed by atoms with van der Waals surface area (Å²) in [6.45, 7) is 5.54. The zero-order valence-electron chi connectivity index (χ0n) is 12.2. The number of benzene rings is 1. The monoisotopic (exact) mass is 303 g/mol. The van der Waals surface area contributed by atoms with Crippen LogP contribution >= 0.6 is 11.3 Å². The first-order valence-electron chi connectivity index (χ1n) is 6.49. The molecule has 1 aromatic heterocycles. The third-order valence-electron chi connectivity index (χ3n) is 2.89. The fourth-order valence-electron chi connectivity index (χ4n) is 1.90. The van der Waals surface area contributed by atoms with Crippen molar-refractivity contribution in [2.24, 2.45) is 5.10 Å². The number of aromatic nitrogens is 1. The summed E-state index contributed by atoms with van der Waals surface area (Å²) < 4.78 is 0. The van der Waals surface area contributed by atoms with E-state index in [0.717, 1.165) is 27.4 Å². The molecule has 2 N–H and O–H groups in total. The standard InChI is InChI=1S/C15H17N3O2S/c1-9-4-12(5-10(2)15(9)20)7-16-18-13(19)6-14-17-11(3)8-21-14/h4-5,7-8,20H,6H2,1-3H3,(H,18,19)/b16-7+. The average Bonchev–Trinajstić information content (AvgIpc) is 2.81. The summed E-state index contributed by atoms with van der Waals surface area (Å²) in [5, 5.41) is 16.3. The molecule has 0 saturated carbocycles. The summed E-state index contributed by atoms with van der Waals surface area (Å²) in [5.41, 5.74) is 5.78. The van der Waals surface area contributed by atoms with E-state index < -0.39 is 0 Å². The van der Waals surface area contributed by atoms with Crippen molar-refractivity contribution in [1.29, 1.82) is 0 Å². The minimum Gasteiger partial charge on any atom is -0.507 e. The van der Waals surface area contributed by atoms with Gasteiger partial charge in [-0.2, -0.15) is 5.10 Å². The van der Waals surface area contributed by atoms with Gasteiger partial charge in [0, 0.05) is 11.1 Å². The van der Waals surface area contributed by atoms with Crippen molar-refractivity contribution in [1.82, 2.24) is 10.4 Å². The number of phenolic OH excluding ortho intramolecular Hbond substituents is 1. The number of rotatable bonds is 4. The van der Waals surface area contributed by atoms with Gasteiger partial charge in [0.2, 0.25) is 5.91 Å². The lowest BCUT2D eigenvalue weighted by molar-refractivity contribution is -0.120. The second-order valence-electron chi connectivity index (χ2n) is 4.86. The highest BCUT2D eigenvalue weighted by atomic mass is 32.1. The maximum Gasteiger partial charge on any atom is 0.246 e. The molecule has 0 aliphatic heterocycles. The summed E-state index contributed by atoms with van der Waals surface area (Å²) in [6.07, 6.45) is 1.79. The molecule has 2 rings (SSSR count). The van der Waals surface area contributed by atoms with Gasteiger partial charge in [-0.3, -0.25) is 4.79 Å². The van der Waals surface area contributed by atoms with Gasteiger partial charge >= 0.3 is 0 Å². The molecule has 0 aliphatic rings. The van der Waals surface area contributed by atoms with E-state index >= 15 is 0 Å². The summed E-state index contributed by atoms with van der Waals surface area (Å²) in [6, 6.07) is 3.62. The Balaban J connectivity index is 1.94. The Morgan fingerprint density at radius 1 is 1.38 bits per heavy atom. The number of aromatic hydroxyl groups is 1. The molecule has 1 amide bonds. The van der Waals surface area contributed by atoms with Gasteiger partial charge < -0.3 is 5.11 Å². The molecule has 6 heteroatoms. The molecular formula is C15H17N3O2S. The number of hydrogen-bond acceptors (Lipinski definition) is 5. The summed E-state index contributed by atoms with van der Waals surface area (Å²) in [4.78, 5) is 15.9. The molecule has 1 aromatic carbocycles. The number of thiazole rings is 1. The Hall–Kier alpha value is -2.21. The number of phenols is 1. The van der Waals surface area contributed by atoms with Crippen molar-refractivity contribution in [3.8, 4) is 5.75 Å². The van der Waals surface area contributed by atoms with Crippen molar-refractivity contribution < 1.29 is 9.90 Å². The van der Waals surface area contributed by atoms with Crippen molar-refractivity contribution in [2.75, 3.05) is 0 Å². The third kappa shape index (κ3) is 4.13. The Bertz CT molecular complexity index is 669. The van der Waals surface area contributed by atoms with Crippen LogP contribution in [0.25, 0.3) is 0 Å². The lowest BCUT2D eigenvalue weighted by Gasteiger charge is -2.04. The van der Waals surface area contributed by atoms with Gasteiger partial charge in [-0.1, -0.05) is 0 Å². The van der Waals surface area contributed by atoms with Crippen LogP contribution in [0.4, 0.5) is 0 Å². The highest BCUT2D eigenvalue weighted by Crippen LogP contribution is 2.21. The average molecular weight is 303 g/mol. The number of amides is 1. The van der Waals surface area contributed by atoms with E-state index in [-0.39, 0.29) is 18.1 Å². The van der Waals surface area contributed by atoms with Crippen molar-refractivity contribution in [3.63, 3.8) is 0 Å². The zero-order valence-corrected chi connectivity index (χ0v) is 13.0. The third-order valence-corrected chi connectivity index (χ3v) is 3.86. The van der Waals surface area contributed by atoms with Gasteiger partial charge in [-0.25, -0.2) is 10.4 Å². The van der Waals surface area contributed by atoms with E-state index in [9.17, 15) is 9.90 Å². The molecule has 0 spiro atoms. The van der Waals surface area contributed by atoms with Gasteiger partial charge in [0.1, 0.15) is 10.8 Å². The number of hydrazone groups is 1. The van der Waals surface area contributed by atoms with E-state index in [1.54, 1.807) is 6.21 Å². The summed E-state index contributed by atoms with van der Waals surface area (Å²) >= 11 is 1.46. The number of hydrogen-bond donors (Lipinski definition) is 2. The normalized spacial score (nSPS) is 11.0. The smallest absolute Gasteiger partial charge is 0.246 e. The highest BCUT2D eigenvalue weighted by molar-refractivity contribution is 7.09. The second-order valence-corrected chi connectivity index (χ2v) is 5.80. The number of carbonyl (C=O) groups is 1. The minimum atomic E-state index is -0.201. The van der Waals surface area contributed by atoms with E-state index in [1.807, 2.05) is 38.3 Å².